The third-order valence-electron chi connectivity index (χ3n) is 3.93. The van der Waals surface area contributed by atoms with Gasteiger partial charge in [0.15, 0.2) is 0 Å². The minimum atomic E-state index is -0.0954. The van der Waals surface area contributed by atoms with Crippen LogP contribution in [0.3, 0.4) is 0 Å². The molecule has 2 amide bonds. The molecule has 1 aliphatic carbocycles. The van der Waals surface area contributed by atoms with E-state index in [1.807, 2.05) is 0 Å². The van der Waals surface area contributed by atoms with Crippen molar-refractivity contribution in [3.05, 3.63) is 29.3 Å². The summed E-state index contributed by atoms with van der Waals surface area (Å²) < 4.78 is 0. The van der Waals surface area contributed by atoms with Gasteiger partial charge in [-0.2, -0.15) is 0 Å². The van der Waals surface area contributed by atoms with Crippen molar-refractivity contribution >= 4 is 29.1 Å². The highest BCUT2D eigenvalue weighted by Crippen LogP contribution is 2.40. The summed E-state index contributed by atoms with van der Waals surface area (Å²) in [6, 6.07) is 6.88. The van der Waals surface area contributed by atoms with Crippen LogP contribution in [0.25, 0.3) is 0 Å². The molecule has 2 fully saturated rings. The average Bonchev–Trinajstić information content (AvgIpc) is 2.64. The van der Waals surface area contributed by atoms with Gasteiger partial charge in [0, 0.05) is 5.02 Å². The number of hydrogen-bond donors (Lipinski definition) is 0. The number of carbonyl (C=O) groups excluding carboxylic acids is 2. The first kappa shape index (κ1) is 11.7. The number of anilines is 1. The summed E-state index contributed by atoms with van der Waals surface area (Å²) in [6.07, 6.45) is 3.79. The van der Waals surface area contributed by atoms with Gasteiger partial charge in [-0.05, 0) is 37.1 Å². The zero-order valence-electron chi connectivity index (χ0n) is 9.93. The summed E-state index contributed by atoms with van der Waals surface area (Å²) in [6.45, 7) is 0. The van der Waals surface area contributed by atoms with Crippen LogP contribution in [0.1, 0.15) is 25.7 Å². The fraction of sp³-hybridized carbons (Fsp3) is 0.429. The number of halogens is 1. The van der Waals surface area contributed by atoms with Gasteiger partial charge in [0.25, 0.3) is 0 Å². The molecule has 1 aromatic carbocycles. The maximum Gasteiger partial charge on any atom is 0.237 e. The number of amides is 2. The highest BCUT2D eigenvalue weighted by Gasteiger charge is 2.48. The molecule has 3 nitrogen and oxygen atoms in total. The maximum absolute atomic E-state index is 12.3. The summed E-state index contributed by atoms with van der Waals surface area (Å²) in [7, 11) is 0. The molecule has 0 aromatic heterocycles. The Balaban J connectivity index is 1.95. The Morgan fingerprint density at radius 2 is 1.44 bits per heavy atom. The van der Waals surface area contributed by atoms with Crippen LogP contribution in [0.5, 0.6) is 0 Å². The minimum Gasteiger partial charge on any atom is -0.274 e. The molecular formula is C14H14ClNO2. The molecule has 1 saturated carbocycles. The van der Waals surface area contributed by atoms with Gasteiger partial charge in [-0.1, -0.05) is 24.4 Å². The van der Waals surface area contributed by atoms with Crippen LogP contribution in [0, 0.1) is 11.8 Å². The van der Waals surface area contributed by atoms with Crippen LogP contribution in [0.4, 0.5) is 5.69 Å². The van der Waals surface area contributed by atoms with Crippen LogP contribution in [0.15, 0.2) is 24.3 Å². The van der Waals surface area contributed by atoms with Crippen LogP contribution in [0.2, 0.25) is 5.02 Å². The van der Waals surface area contributed by atoms with Gasteiger partial charge in [0.2, 0.25) is 11.8 Å². The molecule has 1 aromatic rings. The van der Waals surface area contributed by atoms with Gasteiger partial charge in [-0.25, -0.2) is 0 Å². The number of rotatable bonds is 1. The monoisotopic (exact) mass is 263 g/mol. The van der Waals surface area contributed by atoms with E-state index in [4.69, 9.17) is 11.6 Å². The van der Waals surface area contributed by atoms with E-state index < -0.39 is 0 Å². The Kier molecular flexibility index (Phi) is 2.86. The van der Waals surface area contributed by atoms with Gasteiger partial charge in [0.1, 0.15) is 0 Å². The van der Waals surface area contributed by atoms with Gasteiger partial charge in [0.05, 0.1) is 17.5 Å². The molecule has 0 spiro atoms. The van der Waals surface area contributed by atoms with Crippen molar-refractivity contribution in [3.63, 3.8) is 0 Å². The number of fused-ring (bicyclic) bond motifs is 1. The SMILES string of the molecule is O=C1C2CCCCC2C(=O)N1c1ccc(Cl)cc1. The van der Waals surface area contributed by atoms with Crippen molar-refractivity contribution in [1.29, 1.82) is 0 Å². The first-order valence-electron chi connectivity index (χ1n) is 6.32. The minimum absolute atomic E-state index is 0.0352. The molecule has 0 bridgehead atoms. The van der Waals surface area contributed by atoms with Gasteiger partial charge in [-0.3, -0.25) is 14.5 Å². The van der Waals surface area contributed by atoms with E-state index in [0.717, 1.165) is 25.7 Å². The molecular weight excluding hydrogens is 250 g/mol. The fourth-order valence-corrected chi connectivity index (χ4v) is 3.13. The van der Waals surface area contributed by atoms with E-state index in [-0.39, 0.29) is 23.7 Å². The van der Waals surface area contributed by atoms with E-state index in [1.165, 1.54) is 4.90 Å². The largest absolute Gasteiger partial charge is 0.274 e. The molecule has 2 atom stereocenters. The predicted octanol–water partition coefficient (Wildman–Crippen LogP) is 3.02. The molecule has 0 radical (unpaired) electrons. The topological polar surface area (TPSA) is 37.4 Å². The molecule has 3 rings (SSSR count). The van der Waals surface area contributed by atoms with E-state index >= 15 is 0 Å². The lowest BCUT2D eigenvalue weighted by Crippen LogP contribution is -2.30. The maximum atomic E-state index is 12.3. The first-order chi connectivity index (χ1) is 8.68. The Labute approximate surface area is 111 Å². The lowest BCUT2D eigenvalue weighted by molar-refractivity contribution is -0.122. The second kappa shape index (κ2) is 4.39. The average molecular weight is 264 g/mol. The molecule has 2 aliphatic rings. The van der Waals surface area contributed by atoms with Crippen molar-refractivity contribution in [3.8, 4) is 0 Å². The molecule has 18 heavy (non-hydrogen) atoms. The molecule has 1 heterocycles. The Morgan fingerprint density at radius 1 is 0.944 bits per heavy atom. The summed E-state index contributed by atoms with van der Waals surface area (Å²) in [5.74, 6) is -0.261. The van der Waals surface area contributed by atoms with E-state index in [9.17, 15) is 9.59 Å². The second-order valence-corrected chi connectivity index (χ2v) is 5.42. The predicted molar refractivity (Wildman–Crippen MR) is 69.4 cm³/mol. The fourth-order valence-electron chi connectivity index (χ4n) is 3.01. The van der Waals surface area contributed by atoms with E-state index in [2.05, 4.69) is 0 Å². The summed E-state index contributed by atoms with van der Waals surface area (Å²) >= 11 is 5.82. The lowest BCUT2D eigenvalue weighted by atomic mass is 9.81. The lowest BCUT2D eigenvalue weighted by Gasteiger charge is -2.19. The van der Waals surface area contributed by atoms with Crippen LogP contribution in [-0.4, -0.2) is 11.8 Å². The van der Waals surface area contributed by atoms with Crippen molar-refractivity contribution in [2.75, 3.05) is 4.90 Å². The van der Waals surface area contributed by atoms with Crippen LogP contribution >= 0.6 is 11.6 Å². The Bertz CT molecular complexity index is 473. The number of imide groups is 1. The number of nitrogens with zero attached hydrogens (tertiary/aromatic N) is 1. The van der Waals surface area contributed by atoms with E-state index in [0.29, 0.717) is 10.7 Å². The summed E-state index contributed by atoms with van der Waals surface area (Å²) in [5, 5.41) is 0.607. The quantitative estimate of drug-likeness (QED) is 0.731. The molecule has 2 unspecified atom stereocenters. The third-order valence-corrected chi connectivity index (χ3v) is 4.18. The number of hydrogen-bond acceptors (Lipinski definition) is 2. The van der Waals surface area contributed by atoms with Crippen LogP contribution in [-0.2, 0) is 9.59 Å². The standard InChI is InChI=1S/C14H14ClNO2/c15-9-5-7-10(8-6-9)16-13(17)11-3-1-2-4-12(11)14(16)18/h5-8,11-12H,1-4H2. The van der Waals surface area contributed by atoms with Gasteiger partial charge >= 0.3 is 0 Å². The van der Waals surface area contributed by atoms with Crippen molar-refractivity contribution in [1.82, 2.24) is 0 Å². The molecule has 1 aliphatic heterocycles. The van der Waals surface area contributed by atoms with E-state index in [1.54, 1.807) is 24.3 Å². The summed E-state index contributed by atoms with van der Waals surface area (Å²) in [5.41, 5.74) is 0.642. The molecule has 0 N–H and O–H groups in total. The van der Waals surface area contributed by atoms with Gasteiger partial charge in [-0.15, -0.1) is 0 Å². The van der Waals surface area contributed by atoms with Gasteiger partial charge < -0.3 is 0 Å². The summed E-state index contributed by atoms with van der Waals surface area (Å²) in [4.78, 5) is 26.0. The van der Waals surface area contributed by atoms with Crippen molar-refractivity contribution in [2.45, 2.75) is 25.7 Å². The Hall–Kier alpha value is -1.35. The molecule has 1 saturated heterocycles. The third kappa shape index (κ3) is 1.74. The van der Waals surface area contributed by atoms with Crippen LogP contribution < -0.4 is 4.90 Å². The Morgan fingerprint density at radius 3 is 1.94 bits per heavy atom. The number of benzene rings is 1. The smallest absolute Gasteiger partial charge is 0.237 e. The highest BCUT2D eigenvalue weighted by atomic mass is 35.5. The normalized spacial score (nSPS) is 27.5. The van der Waals surface area contributed by atoms with Crippen molar-refractivity contribution < 1.29 is 9.59 Å². The van der Waals surface area contributed by atoms with Crippen molar-refractivity contribution in [2.24, 2.45) is 11.8 Å². The highest BCUT2D eigenvalue weighted by molar-refractivity contribution is 6.30. The molecule has 94 valence electrons. The first-order valence-corrected chi connectivity index (χ1v) is 6.69. The number of carbonyl (C=O) groups is 2. The second-order valence-electron chi connectivity index (χ2n) is 4.99. The zero-order valence-corrected chi connectivity index (χ0v) is 10.7. The zero-order chi connectivity index (χ0) is 12.7. The molecule has 4 heteroatoms.